The number of anilines is 4. The first-order valence-electron chi connectivity index (χ1n) is 9.49. The van der Waals surface area contributed by atoms with Gasteiger partial charge >= 0.3 is 0 Å². The summed E-state index contributed by atoms with van der Waals surface area (Å²) < 4.78 is 2.70. The quantitative estimate of drug-likeness (QED) is 0.369. The molecule has 3 N–H and O–H groups in total. The Morgan fingerprint density at radius 2 is 1.84 bits per heavy atom. The monoisotopic (exact) mass is 425 g/mol. The van der Waals surface area contributed by atoms with Crippen LogP contribution in [0.5, 0.6) is 0 Å². The lowest BCUT2D eigenvalue weighted by Gasteiger charge is -2.11. The van der Waals surface area contributed by atoms with Gasteiger partial charge in [-0.1, -0.05) is 0 Å². The highest BCUT2D eigenvalue weighted by atomic mass is 32.1. The summed E-state index contributed by atoms with van der Waals surface area (Å²) in [6.07, 6.45) is 4.97. The molecule has 0 aliphatic carbocycles. The summed E-state index contributed by atoms with van der Waals surface area (Å²) in [4.78, 5) is 13.4. The first-order chi connectivity index (χ1) is 15.3. The van der Waals surface area contributed by atoms with E-state index in [1.54, 1.807) is 28.5 Å². The molecule has 0 aliphatic heterocycles. The van der Waals surface area contributed by atoms with Crippen molar-refractivity contribution in [2.75, 3.05) is 10.6 Å². The van der Waals surface area contributed by atoms with Crippen molar-refractivity contribution in [2.45, 2.75) is 0 Å². The Morgan fingerprint density at radius 3 is 2.71 bits per heavy atom. The van der Waals surface area contributed by atoms with Gasteiger partial charge in [0.15, 0.2) is 5.82 Å². The summed E-state index contributed by atoms with van der Waals surface area (Å²) in [6, 6.07) is 15.8. The highest BCUT2D eigenvalue weighted by Gasteiger charge is 2.11. The molecule has 0 fully saturated rings. The molecule has 0 bridgehead atoms. The second-order valence-corrected chi connectivity index (χ2v) is 7.76. The van der Waals surface area contributed by atoms with Gasteiger partial charge in [0.25, 0.3) is 0 Å². The summed E-state index contributed by atoms with van der Waals surface area (Å²) in [7, 11) is 0. The van der Waals surface area contributed by atoms with Crippen molar-refractivity contribution in [3.63, 3.8) is 0 Å². The van der Waals surface area contributed by atoms with Gasteiger partial charge in [0, 0.05) is 16.8 Å². The number of hydrogen-bond donors (Lipinski definition) is 3. The van der Waals surface area contributed by atoms with Gasteiger partial charge in [-0.15, -0.1) is 11.3 Å². The van der Waals surface area contributed by atoms with Crippen molar-refractivity contribution in [1.82, 2.24) is 34.9 Å². The number of nitrogens with one attached hydrogen (secondary N) is 3. The minimum Gasteiger partial charge on any atom is -0.339 e. The van der Waals surface area contributed by atoms with E-state index in [9.17, 15) is 0 Å². The summed E-state index contributed by atoms with van der Waals surface area (Å²) >= 11 is 1.60. The molecule has 9 nitrogen and oxygen atoms in total. The number of H-pyrrole nitrogens is 1. The zero-order chi connectivity index (χ0) is 20.6. The molecule has 0 unspecified atom stereocenters. The molecule has 2 aromatic carbocycles. The normalized spacial score (nSPS) is 11.2. The number of fused-ring (bicyclic) bond motifs is 2. The lowest BCUT2D eigenvalue weighted by atomic mass is 10.2. The van der Waals surface area contributed by atoms with E-state index in [0.29, 0.717) is 5.95 Å². The van der Waals surface area contributed by atoms with E-state index in [-0.39, 0.29) is 0 Å². The maximum atomic E-state index is 4.73. The van der Waals surface area contributed by atoms with Crippen LogP contribution in [-0.2, 0) is 0 Å². The van der Waals surface area contributed by atoms with Gasteiger partial charge in [-0.25, -0.2) is 14.6 Å². The van der Waals surface area contributed by atoms with E-state index in [4.69, 9.17) is 4.98 Å². The summed E-state index contributed by atoms with van der Waals surface area (Å²) in [5.41, 5.74) is 4.61. The largest absolute Gasteiger partial charge is 0.339 e. The van der Waals surface area contributed by atoms with Crippen LogP contribution in [0.4, 0.5) is 23.1 Å². The fraction of sp³-hybridized carbons (Fsp3) is 0. The smallest absolute Gasteiger partial charge is 0.229 e. The number of aromatic amines is 1. The Hall–Kier alpha value is -4.31. The standard InChI is InChI=1S/C21H15N9S/c1-4-16(30-12-22-11-24-30)5-2-14(1)26-21-27-18-7-8-31-19(18)20(28-21)25-15-3-6-17-13(9-15)10-23-29-17/h1-12H,(H,23,29)(H2,25,26,27,28). The molecule has 0 saturated carbocycles. The third-order valence-electron chi connectivity index (χ3n) is 4.81. The van der Waals surface area contributed by atoms with Crippen molar-refractivity contribution in [3.05, 3.63) is 72.8 Å². The Balaban J connectivity index is 1.31. The van der Waals surface area contributed by atoms with E-state index in [1.165, 1.54) is 6.33 Å². The summed E-state index contributed by atoms with van der Waals surface area (Å²) in [6.45, 7) is 0. The van der Waals surface area contributed by atoms with Crippen molar-refractivity contribution in [2.24, 2.45) is 0 Å². The number of thiophene rings is 1. The molecule has 4 heterocycles. The van der Waals surface area contributed by atoms with Gasteiger partial charge < -0.3 is 10.6 Å². The molecule has 0 aliphatic rings. The lowest BCUT2D eigenvalue weighted by molar-refractivity contribution is 0.879. The maximum Gasteiger partial charge on any atom is 0.229 e. The molecule has 0 spiro atoms. The van der Waals surface area contributed by atoms with Gasteiger partial charge in [-0.2, -0.15) is 15.2 Å². The lowest BCUT2D eigenvalue weighted by Crippen LogP contribution is -2.01. The fourth-order valence-electron chi connectivity index (χ4n) is 3.33. The van der Waals surface area contributed by atoms with Crippen LogP contribution in [0.1, 0.15) is 0 Å². The van der Waals surface area contributed by atoms with Crippen LogP contribution >= 0.6 is 11.3 Å². The predicted octanol–water partition coefficient (Wildman–Crippen LogP) is 4.64. The van der Waals surface area contributed by atoms with Gasteiger partial charge in [0.05, 0.1) is 27.6 Å². The molecule has 31 heavy (non-hydrogen) atoms. The number of hydrogen-bond acceptors (Lipinski definition) is 8. The molecule has 0 radical (unpaired) electrons. The molecule has 4 aromatic heterocycles. The SMILES string of the molecule is c1ncn(-c2ccc(Nc3nc(Nc4ccc5[nH]ncc5c4)c4sccc4n3)cc2)n1. The molecule has 0 amide bonds. The Bertz CT molecular complexity index is 1480. The van der Waals surface area contributed by atoms with E-state index < -0.39 is 0 Å². The number of benzene rings is 2. The number of rotatable bonds is 5. The molecular weight excluding hydrogens is 410 g/mol. The number of aromatic nitrogens is 7. The topological polar surface area (TPSA) is 109 Å². The molecule has 10 heteroatoms. The van der Waals surface area contributed by atoms with Crippen molar-refractivity contribution in [3.8, 4) is 5.69 Å². The Kier molecular flexibility index (Phi) is 4.06. The van der Waals surface area contributed by atoms with E-state index in [1.807, 2.05) is 53.9 Å². The second kappa shape index (κ2) is 7.18. The fourth-order valence-corrected chi connectivity index (χ4v) is 4.11. The van der Waals surface area contributed by atoms with Crippen molar-refractivity contribution < 1.29 is 0 Å². The van der Waals surface area contributed by atoms with Crippen molar-refractivity contribution in [1.29, 1.82) is 0 Å². The third-order valence-corrected chi connectivity index (χ3v) is 5.72. The van der Waals surface area contributed by atoms with Crippen LogP contribution in [0, 0.1) is 0 Å². The molecule has 150 valence electrons. The zero-order valence-electron chi connectivity index (χ0n) is 16.0. The first-order valence-corrected chi connectivity index (χ1v) is 10.4. The summed E-state index contributed by atoms with van der Waals surface area (Å²) in [5, 5.41) is 21.0. The van der Waals surface area contributed by atoms with Gasteiger partial charge in [-0.3, -0.25) is 5.10 Å². The molecular formula is C21H15N9S. The minimum atomic E-state index is 0.520. The van der Waals surface area contributed by atoms with Gasteiger partial charge in [0.2, 0.25) is 5.95 Å². The summed E-state index contributed by atoms with van der Waals surface area (Å²) in [5.74, 6) is 1.27. The van der Waals surface area contributed by atoms with E-state index >= 15 is 0 Å². The van der Waals surface area contributed by atoms with Crippen LogP contribution in [0.15, 0.2) is 72.8 Å². The second-order valence-electron chi connectivity index (χ2n) is 6.84. The van der Waals surface area contributed by atoms with Crippen LogP contribution in [0.2, 0.25) is 0 Å². The van der Waals surface area contributed by atoms with Crippen LogP contribution in [-0.4, -0.2) is 34.9 Å². The first kappa shape index (κ1) is 17.5. The maximum absolute atomic E-state index is 4.73. The van der Waals surface area contributed by atoms with Crippen molar-refractivity contribution >= 4 is 55.6 Å². The average molecular weight is 425 g/mol. The molecule has 0 saturated heterocycles. The Morgan fingerprint density at radius 1 is 0.935 bits per heavy atom. The predicted molar refractivity (Wildman–Crippen MR) is 121 cm³/mol. The van der Waals surface area contributed by atoms with Gasteiger partial charge in [0.1, 0.15) is 12.7 Å². The van der Waals surface area contributed by atoms with Crippen LogP contribution < -0.4 is 10.6 Å². The number of nitrogens with zero attached hydrogens (tertiary/aromatic N) is 6. The highest BCUT2D eigenvalue weighted by molar-refractivity contribution is 7.17. The van der Waals surface area contributed by atoms with E-state index in [2.05, 4.69) is 35.9 Å². The molecule has 6 rings (SSSR count). The van der Waals surface area contributed by atoms with Crippen LogP contribution in [0.3, 0.4) is 0 Å². The third kappa shape index (κ3) is 3.34. The van der Waals surface area contributed by atoms with E-state index in [0.717, 1.165) is 44.0 Å². The average Bonchev–Trinajstić information content (AvgIpc) is 3.55. The Labute approximate surface area is 179 Å². The highest BCUT2D eigenvalue weighted by Crippen LogP contribution is 2.31. The van der Waals surface area contributed by atoms with Crippen LogP contribution in [0.25, 0.3) is 26.8 Å². The minimum absolute atomic E-state index is 0.520. The molecule has 6 aromatic rings. The van der Waals surface area contributed by atoms with Gasteiger partial charge in [-0.05, 0) is 53.9 Å². The molecule has 0 atom stereocenters. The zero-order valence-corrected chi connectivity index (χ0v) is 16.8.